The van der Waals surface area contributed by atoms with Crippen LogP contribution in [0.4, 0.5) is 0 Å². The lowest BCUT2D eigenvalue weighted by Crippen LogP contribution is -2.45. The highest BCUT2D eigenvalue weighted by Gasteiger charge is 2.28. The minimum absolute atomic E-state index is 0.0504. The number of quaternary nitrogens is 1. The Labute approximate surface area is 576 Å². The van der Waals surface area contributed by atoms with Crippen LogP contribution in [0.15, 0.2) is 134 Å². The number of carbonyl (C=O) groups is 1. The summed E-state index contributed by atoms with van der Waals surface area (Å²) in [5.41, 5.74) is 0. The van der Waals surface area contributed by atoms with Crippen molar-refractivity contribution in [1.82, 2.24) is 5.32 Å². The quantitative estimate of drug-likeness (QED) is 0.0243. The Hall–Kier alpha value is -3.36. The molecule has 0 saturated heterocycles. The summed E-state index contributed by atoms with van der Waals surface area (Å²) >= 11 is 0. The maximum atomic E-state index is 13.1. The lowest BCUT2D eigenvalue weighted by atomic mass is 10.0. The standard InChI is InChI=1S/C84H149N2O6P/c1-6-8-10-12-14-16-18-20-22-24-26-28-30-32-34-36-38-40-41-42-43-44-45-46-48-50-52-54-56-58-60-62-64-66-68-70-72-74-76-78-84(88)85-82(81-92-93(89,90)91-80-79-86(3,4)5)83(87)77-75-73-71-69-67-65-63-61-59-57-55-53-51-49-47-39-37-35-33-31-29-27-25-23-21-19-17-15-13-11-9-7-2/h8,10,14,16,20,22,26,28,32,34,38,40,42-43,45-46,50,52,67,69,75,77,82-83,87H,6-7,9,11-13,15,17-19,21,23-25,27,29-31,33,35-37,39,41,44,47-49,51,53-66,68,70-74,76,78-81H2,1-5H3,(H-,85,88,89,90)/p+1/b10-8-,16-14-,22-20-,28-26-,34-32-,40-38-,43-42-,46-45-,52-50-,69-67+,77-75+. The van der Waals surface area contributed by atoms with E-state index < -0.39 is 20.0 Å². The molecular weight excluding hydrogens is 1160 g/mol. The average Bonchev–Trinajstić information content (AvgIpc) is 1.94. The molecule has 8 nitrogen and oxygen atoms in total. The van der Waals surface area contributed by atoms with Gasteiger partial charge in [-0.05, 0) is 103 Å². The van der Waals surface area contributed by atoms with Crippen molar-refractivity contribution in [2.75, 3.05) is 40.9 Å². The predicted molar refractivity (Wildman–Crippen MR) is 410 cm³/mol. The van der Waals surface area contributed by atoms with E-state index in [-0.39, 0.29) is 19.1 Å². The van der Waals surface area contributed by atoms with Gasteiger partial charge in [0.05, 0.1) is 39.9 Å². The van der Waals surface area contributed by atoms with E-state index in [1.807, 2.05) is 27.2 Å². The molecule has 9 heteroatoms. The zero-order valence-corrected chi connectivity index (χ0v) is 62.4. The van der Waals surface area contributed by atoms with Gasteiger partial charge >= 0.3 is 7.82 Å². The second-order valence-corrected chi connectivity index (χ2v) is 28.8. The van der Waals surface area contributed by atoms with E-state index in [1.165, 1.54) is 225 Å². The highest BCUT2D eigenvalue weighted by molar-refractivity contribution is 7.47. The number of aliphatic hydroxyl groups is 1. The number of aliphatic hydroxyl groups excluding tert-OH is 1. The molecule has 3 atom stereocenters. The third-order valence-electron chi connectivity index (χ3n) is 17.1. The number of unbranched alkanes of at least 4 members (excludes halogenated alkanes) is 38. The molecule has 0 aromatic rings. The molecule has 0 aromatic carbocycles. The molecule has 0 heterocycles. The van der Waals surface area contributed by atoms with Crippen molar-refractivity contribution in [2.24, 2.45) is 0 Å². The first kappa shape index (κ1) is 89.6. The molecule has 0 fully saturated rings. The Morgan fingerprint density at radius 1 is 0.376 bits per heavy atom. The molecule has 3 N–H and O–H groups in total. The van der Waals surface area contributed by atoms with Crippen LogP contribution in [-0.4, -0.2) is 73.4 Å². The Kier molecular flexibility index (Phi) is 70.3. The van der Waals surface area contributed by atoms with Crippen molar-refractivity contribution in [1.29, 1.82) is 0 Å². The second-order valence-electron chi connectivity index (χ2n) is 27.3. The van der Waals surface area contributed by atoms with Crippen LogP contribution in [0.5, 0.6) is 0 Å². The number of likely N-dealkylation sites (N-methyl/N-ethyl adjacent to an activating group) is 1. The van der Waals surface area contributed by atoms with Gasteiger partial charge in [-0.3, -0.25) is 13.8 Å². The van der Waals surface area contributed by atoms with Crippen LogP contribution >= 0.6 is 7.82 Å². The number of amides is 1. The summed E-state index contributed by atoms with van der Waals surface area (Å²) in [4.78, 5) is 23.5. The molecule has 0 radical (unpaired) electrons. The van der Waals surface area contributed by atoms with Crippen LogP contribution < -0.4 is 5.32 Å². The molecular formula is C84H150N2O6P+. The number of phosphoric ester groups is 1. The first-order chi connectivity index (χ1) is 45.5. The Balaban J connectivity index is 4.09. The number of allylic oxidation sites excluding steroid dienone is 21. The number of hydrogen-bond acceptors (Lipinski definition) is 5. The fraction of sp³-hybridized carbons (Fsp3) is 0.726. The van der Waals surface area contributed by atoms with E-state index in [0.29, 0.717) is 17.4 Å². The topological polar surface area (TPSA) is 105 Å². The zero-order valence-electron chi connectivity index (χ0n) is 61.5. The summed E-state index contributed by atoms with van der Waals surface area (Å²) in [7, 11) is 1.55. The highest BCUT2D eigenvalue weighted by atomic mass is 31.2. The minimum Gasteiger partial charge on any atom is -0.387 e. The molecule has 0 spiro atoms. The van der Waals surface area contributed by atoms with Crippen LogP contribution in [0.25, 0.3) is 0 Å². The van der Waals surface area contributed by atoms with Gasteiger partial charge in [0.2, 0.25) is 5.91 Å². The van der Waals surface area contributed by atoms with E-state index in [1.54, 1.807) is 6.08 Å². The van der Waals surface area contributed by atoms with E-state index in [9.17, 15) is 19.4 Å². The molecule has 93 heavy (non-hydrogen) atoms. The Bertz CT molecular complexity index is 1990. The summed E-state index contributed by atoms with van der Waals surface area (Å²) in [6.45, 7) is 4.71. The third kappa shape index (κ3) is 75.9. The monoisotopic (exact) mass is 1310 g/mol. The first-order valence-electron chi connectivity index (χ1n) is 39.1. The minimum atomic E-state index is -4.37. The molecule has 0 bridgehead atoms. The fourth-order valence-corrected chi connectivity index (χ4v) is 11.8. The molecule has 0 aliphatic rings. The van der Waals surface area contributed by atoms with Crippen molar-refractivity contribution < 1.29 is 32.9 Å². The molecule has 536 valence electrons. The molecule has 0 aromatic heterocycles. The van der Waals surface area contributed by atoms with Crippen molar-refractivity contribution in [2.45, 2.75) is 353 Å². The predicted octanol–water partition coefficient (Wildman–Crippen LogP) is 25.7. The number of nitrogens with zero attached hydrogens (tertiary/aromatic N) is 1. The van der Waals surface area contributed by atoms with Gasteiger partial charge in [0.15, 0.2) is 0 Å². The van der Waals surface area contributed by atoms with Gasteiger partial charge in [-0.15, -0.1) is 0 Å². The summed E-state index contributed by atoms with van der Waals surface area (Å²) in [6.07, 6.45) is 111. The molecule has 3 unspecified atom stereocenters. The van der Waals surface area contributed by atoms with Crippen molar-refractivity contribution in [3.05, 3.63) is 134 Å². The van der Waals surface area contributed by atoms with Gasteiger partial charge < -0.3 is 19.8 Å². The summed E-state index contributed by atoms with van der Waals surface area (Å²) in [6, 6.07) is -0.876. The van der Waals surface area contributed by atoms with Crippen LogP contribution in [0.2, 0.25) is 0 Å². The molecule has 1 amide bonds. The van der Waals surface area contributed by atoms with E-state index in [4.69, 9.17) is 9.05 Å². The number of carbonyl (C=O) groups excluding carboxylic acids is 1. The third-order valence-corrected chi connectivity index (χ3v) is 18.1. The van der Waals surface area contributed by atoms with Gasteiger partial charge in [-0.25, -0.2) is 4.57 Å². The number of phosphoric acid groups is 1. The van der Waals surface area contributed by atoms with Crippen molar-refractivity contribution >= 4 is 13.7 Å². The summed E-state index contributed by atoms with van der Waals surface area (Å²) in [5.74, 6) is -0.191. The van der Waals surface area contributed by atoms with Crippen LogP contribution in [0.3, 0.4) is 0 Å². The van der Waals surface area contributed by atoms with Crippen LogP contribution in [0, 0.1) is 0 Å². The van der Waals surface area contributed by atoms with E-state index in [0.717, 1.165) is 96.3 Å². The summed E-state index contributed by atoms with van der Waals surface area (Å²) in [5, 5.41) is 14.0. The molecule has 0 aliphatic carbocycles. The number of nitrogens with one attached hydrogen (secondary N) is 1. The molecule has 0 rings (SSSR count). The smallest absolute Gasteiger partial charge is 0.387 e. The van der Waals surface area contributed by atoms with E-state index >= 15 is 0 Å². The van der Waals surface area contributed by atoms with Crippen molar-refractivity contribution in [3.8, 4) is 0 Å². The van der Waals surface area contributed by atoms with Gasteiger partial charge in [0, 0.05) is 6.42 Å². The van der Waals surface area contributed by atoms with E-state index in [2.05, 4.69) is 141 Å². The summed E-state index contributed by atoms with van der Waals surface area (Å²) < 4.78 is 23.8. The first-order valence-corrected chi connectivity index (χ1v) is 40.6. The van der Waals surface area contributed by atoms with Gasteiger partial charge in [-0.2, -0.15) is 0 Å². The molecule has 0 aliphatic heterocycles. The zero-order chi connectivity index (χ0) is 67.6. The lowest BCUT2D eigenvalue weighted by molar-refractivity contribution is -0.870. The van der Waals surface area contributed by atoms with Gasteiger partial charge in [0.25, 0.3) is 0 Å². The maximum absolute atomic E-state index is 13.1. The average molecular weight is 1320 g/mol. The van der Waals surface area contributed by atoms with Crippen molar-refractivity contribution in [3.63, 3.8) is 0 Å². The molecule has 0 saturated carbocycles. The van der Waals surface area contributed by atoms with Crippen LogP contribution in [-0.2, 0) is 18.4 Å². The Morgan fingerprint density at radius 2 is 0.656 bits per heavy atom. The number of hydrogen-bond donors (Lipinski definition) is 3. The maximum Gasteiger partial charge on any atom is 0.472 e. The van der Waals surface area contributed by atoms with Crippen LogP contribution in [0.1, 0.15) is 341 Å². The number of rotatable bonds is 71. The lowest BCUT2D eigenvalue weighted by Gasteiger charge is -2.25. The van der Waals surface area contributed by atoms with Gasteiger partial charge in [0.1, 0.15) is 13.2 Å². The Morgan fingerprint density at radius 3 is 0.989 bits per heavy atom. The normalized spacial score (nSPS) is 14.3. The largest absolute Gasteiger partial charge is 0.472 e. The SMILES string of the molecule is CC/C=C\C/C=C\C/C=C\C/C=C\C/C=C\C/C=C\C/C=C\C/C=C\C/C=C\CCCCCCCCCCCCCC(=O)NC(COP(=O)(O)OCC[N+](C)(C)C)C(O)/C=C/CC/C=C/CCCCCCCCCCCCCCCCCCCCCCCCCCCC. The highest BCUT2D eigenvalue weighted by Crippen LogP contribution is 2.43. The second kappa shape index (κ2) is 72.9. The fourth-order valence-electron chi connectivity index (χ4n) is 11.1. The van der Waals surface area contributed by atoms with Gasteiger partial charge in [-0.1, -0.05) is 366 Å².